The predicted octanol–water partition coefficient (Wildman–Crippen LogP) is 2.51. The minimum atomic E-state index is -0.480. The van der Waals surface area contributed by atoms with Gasteiger partial charge in [0.2, 0.25) is 0 Å². The molecule has 0 unspecified atom stereocenters. The number of nitrogens with zero attached hydrogens (tertiary/aromatic N) is 2. The second kappa shape index (κ2) is 7.03. The van der Waals surface area contributed by atoms with E-state index in [-0.39, 0.29) is 5.75 Å². The zero-order chi connectivity index (χ0) is 18.8. The largest absolute Gasteiger partial charge is 0.507 e. The van der Waals surface area contributed by atoms with Crippen molar-refractivity contribution in [2.75, 3.05) is 7.11 Å². The summed E-state index contributed by atoms with van der Waals surface area (Å²) in [4.78, 5) is 31.2. The molecule has 0 saturated heterocycles. The maximum atomic E-state index is 12.3. The summed E-state index contributed by atoms with van der Waals surface area (Å²) >= 11 is 0. The Balaban J connectivity index is 2.19. The fourth-order valence-electron chi connectivity index (χ4n) is 2.76. The van der Waals surface area contributed by atoms with Gasteiger partial charge in [-0.2, -0.15) is 0 Å². The van der Waals surface area contributed by atoms with Crippen LogP contribution in [0.2, 0.25) is 0 Å². The van der Waals surface area contributed by atoms with Crippen LogP contribution in [0.15, 0.2) is 39.9 Å². The van der Waals surface area contributed by atoms with E-state index in [4.69, 9.17) is 4.74 Å². The summed E-state index contributed by atoms with van der Waals surface area (Å²) in [6.45, 7) is 4.58. The first-order valence-electron chi connectivity index (χ1n) is 8.42. The highest BCUT2D eigenvalue weighted by Crippen LogP contribution is 2.31. The second-order valence-corrected chi connectivity index (χ2v) is 6.54. The van der Waals surface area contributed by atoms with Crippen molar-refractivity contribution in [3.8, 4) is 22.8 Å². The molecule has 136 valence electrons. The Bertz CT molecular complexity index is 1070. The molecule has 0 atom stereocenters. The molecule has 7 nitrogen and oxygen atoms in total. The van der Waals surface area contributed by atoms with Gasteiger partial charge in [0, 0.05) is 18.2 Å². The lowest BCUT2D eigenvalue weighted by Crippen LogP contribution is -2.31. The van der Waals surface area contributed by atoms with Gasteiger partial charge < -0.3 is 9.84 Å². The summed E-state index contributed by atoms with van der Waals surface area (Å²) in [6, 6.07) is 8.16. The molecule has 0 radical (unpaired) electrons. The van der Waals surface area contributed by atoms with E-state index in [2.05, 4.69) is 23.8 Å². The summed E-state index contributed by atoms with van der Waals surface area (Å²) in [5.41, 5.74) is 0.333. The van der Waals surface area contributed by atoms with Gasteiger partial charge in [0.1, 0.15) is 17.1 Å². The number of benzene rings is 1. The third-order valence-electron chi connectivity index (χ3n) is 4.25. The predicted molar refractivity (Wildman–Crippen MR) is 99.7 cm³/mol. The molecular weight excluding hydrogens is 334 g/mol. The van der Waals surface area contributed by atoms with Crippen molar-refractivity contribution in [1.29, 1.82) is 0 Å². The molecule has 2 aromatic heterocycles. The first-order valence-corrected chi connectivity index (χ1v) is 8.42. The number of ether oxygens (including phenoxy) is 1. The van der Waals surface area contributed by atoms with Crippen LogP contribution in [0.25, 0.3) is 22.3 Å². The molecule has 3 rings (SSSR count). The Morgan fingerprint density at radius 1 is 1.23 bits per heavy atom. The molecule has 0 aliphatic rings. The molecule has 26 heavy (non-hydrogen) atoms. The van der Waals surface area contributed by atoms with E-state index in [9.17, 15) is 14.7 Å². The van der Waals surface area contributed by atoms with Crippen LogP contribution in [-0.2, 0) is 6.54 Å². The van der Waals surface area contributed by atoms with E-state index in [1.54, 1.807) is 24.3 Å². The lowest BCUT2D eigenvalue weighted by Gasteiger charge is -2.12. The zero-order valence-corrected chi connectivity index (χ0v) is 14.9. The number of hydrogen-bond acceptors (Lipinski definition) is 5. The van der Waals surface area contributed by atoms with Crippen LogP contribution >= 0.6 is 0 Å². The molecule has 0 fully saturated rings. The molecule has 0 bridgehead atoms. The minimum Gasteiger partial charge on any atom is -0.507 e. The van der Waals surface area contributed by atoms with Gasteiger partial charge in [0.05, 0.1) is 18.2 Å². The Kier molecular flexibility index (Phi) is 4.79. The van der Waals surface area contributed by atoms with Crippen molar-refractivity contribution < 1.29 is 9.84 Å². The van der Waals surface area contributed by atoms with Crippen LogP contribution in [0.3, 0.4) is 0 Å². The highest BCUT2D eigenvalue weighted by Gasteiger charge is 2.13. The molecule has 0 amide bonds. The lowest BCUT2D eigenvalue weighted by molar-refractivity contribution is 0.408. The van der Waals surface area contributed by atoms with Crippen LogP contribution < -0.4 is 16.0 Å². The molecule has 1 aromatic carbocycles. The van der Waals surface area contributed by atoms with Gasteiger partial charge in [0.15, 0.2) is 0 Å². The topological polar surface area (TPSA) is 97.2 Å². The number of phenolic OH excluding ortho intramolecular Hbond substituents is 1. The molecule has 0 aliphatic carbocycles. The summed E-state index contributed by atoms with van der Waals surface area (Å²) in [7, 11) is 1.52. The summed E-state index contributed by atoms with van der Waals surface area (Å²) in [6.07, 6.45) is 0.779. The number of pyridine rings is 1. The number of rotatable bonds is 5. The third-order valence-corrected chi connectivity index (χ3v) is 4.25. The van der Waals surface area contributed by atoms with Crippen molar-refractivity contribution in [3.05, 3.63) is 51.2 Å². The molecule has 7 heteroatoms. The first kappa shape index (κ1) is 17.7. The Hall–Kier alpha value is -3.09. The van der Waals surface area contributed by atoms with Crippen molar-refractivity contribution >= 4 is 11.0 Å². The number of aryl methyl sites for hydroxylation is 1. The van der Waals surface area contributed by atoms with Crippen molar-refractivity contribution in [2.24, 2.45) is 5.92 Å². The molecule has 2 heterocycles. The van der Waals surface area contributed by atoms with E-state index in [1.807, 2.05) is 0 Å². The van der Waals surface area contributed by atoms with Gasteiger partial charge in [-0.05, 0) is 36.6 Å². The van der Waals surface area contributed by atoms with Gasteiger partial charge in [-0.3, -0.25) is 14.3 Å². The van der Waals surface area contributed by atoms with Crippen LogP contribution in [0.5, 0.6) is 11.5 Å². The van der Waals surface area contributed by atoms with Crippen LogP contribution in [0.4, 0.5) is 0 Å². The van der Waals surface area contributed by atoms with Crippen LogP contribution in [-0.4, -0.2) is 26.8 Å². The average Bonchev–Trinajstić information content (AvgIpc) is 2.60. The first-order chi connectivity index (χ1) is 12.4. The van der Waals surface area contributed by atoms with Gasteiger partial charge in [0.25, 0.3) is 5.56 Å². The number of aromatic nitrogens is 3. The molecule has 0 spiro atoms. The number of phenols is 1. The quantitative estimate of drug-likeness (QED) is 0.733. The molecular formula is C19H21N3O4. The number of hydrogen-bond donors (Lipinski definition) is 2. The van der Waals surface area contributed by atoms with Crippen molar-refractivity contribution in [1.82, 2.24) is 14.5 Å². The van der Waals surface area contributed by atoms with E-state index < -0.39 is 11.2 Å². The monoisotopic (exact) mass is 355 g/mol. The summed E-state index contributed by atoms with van der Waals surface area (Å²) in [5.74, 6) is 0.937. The number of methoxy groups -OCH3 is 1. The summed E-state index contributed by atoms with van der Waals surface area (Å²) in [5, 5.41) is 10.6. The smallest absolute Gasteiger partial charge is 0.329 e. The van der Waals surface area contributed by atoms with E-state index in [0.717, 1.165) is 6.42 Å². The normalized spacial score (nSPS) is 11.2. The van der Waals surface area contributed by atoms with Gasteiger partial charge >= 0.3 is 5.69 Å². The number of fused-ring (bicyclic) bond motifs is 1. The summed E-state index contributed by atoms with van der Waals surface area (Å²) < 4.78 is 6.56. The molecule has 3 aromatic rings. The fourth-order valence-corrected chi connectivity index (χ4v) is 2.76. The van der Waals surface area contributed by atoms with E-state index in [0.29, 0.717) is 40.5 Å². The Labute approximate surface area is 149 Å². The Morgan fingerprint density at radius 2 is 2.00 bits per heavy atom. The van der Waals surface area contributed by atoms with Gasteiger partial charge in [-0.25, -0.2) is 9.78 Å². The van der Waals surface area contributed by atoms with Crippen molar-refractivity contribution in [3.63, 3.8) is 0 Å². The minimum absolute atomic E-state index is 0.0112. The standard InChI is InChI=1S/C19H21N3O4/c1-11(2)8-9-22-17-14(18(24)21-19(22)25)6-7-15(20-17)13-5-4-12(26-3)10-16(13)23/h4-7,10-11,23H,8-9H2,1-3H3,(H,21,24,25). The number of aromatic hydroxyl groups is 1. The molecule has 2 N–H and O–H groups in total. The maximum Gasteiger partial charge on any atom is 0.329 e. The van der Waals surface area contributed by atoms with Crippen LogP contribution in [0, 0.1) is 5.92 Å². The van der Waals surface area contributed by atoms with E-state index in [1.165, 1.54) is 17.7 Å². The van der Waals surface area contributed by atoms with Crippen LogP contribution in [0.1, 0.15) is 20.3 Å². The Morgan fingerprint density at radius 3 is 2.65 bits per heavy atom. The molecule has 0 saturated carbocycles. The SMILES string of the molecule is COc1ccc(-c2ccc3c(=O)[nH]c(=O)n(CCC(C)C)c3n2)c(O)c1. The third kappa shape index (κ3) is 3.33. The molecule has 0 aliphatic heterocycles. The lowest BCUT2D eigenvalue weighted by atomic mass is 10.1. The fraction of sp³-hybridized carbons (Fsp3) is 0.316. The number of H-pyrrole nitrogens is 1. The average molecular weight is 355 g/mol. The second-order valence-electron chi connectivity index (χ2n) is 6.54. The van der Waals surface area contributed by atoms with E-state index >= 15 is 0 Å². The maximum absolute atomic E-state index is 12.3. The van der Waals surface area contributed by atoms with Crippen molar-refractivity contribution in [2.45, 2.75) is 26.8 Å². The highest BCUT2D eigenvalue weighted by molar-refractivity contribution is 5.79. The number of aromatic amines is 1. The zero-order valence-electron chi connectivity index (χ0n) is 14.9. The highest BCUT2D eigenvalue weighted by atomic mass is 16.5. The van der Waals surface area contributed by atoms with Gasteiger partial charge in [-0.1, -0.05) is 13.8 Å². The van der Waals surface area contributed by atoms with Gasteiger partial charge in [-0.15, -0.1) is 0 Å². The number of nitrogens with one attached hydrogen (secondary N) is 1.